The van der Waals surface area contributed by atoms with E-state index in [9.17, 15) is 9.18 Å². The largest absolute Gasteiger partial charge is 0.486 e. The predicted octanol–water partition coefficient (Wildman–Crippen LogP) is 5.61. The van der Waals surface area contributed by atoms with Crippen molar-refractivity contribution in [2.24, 2.45) is 0 Å². The number of rotatable bonds is 5. The van der Waals surface area contributed by atoms with Crippen LogP contribution in [-0.2, 0) is 4.74 Å². The average molecular weight is 582 g/mol. The van der Waals surface area contributed by atoms with Crippen LogP contribution in [0.3, 0.4) is 0 Å². The SMILES string of the molecule is CC1CN(c2ccc(Nc3ncc(F)c(-c4cc(F)c5c(c4)N(C(C)C)CCO5)n3)nc2)CCN1C(=O)OC(C)(C)C. The maximum atomic E-state index is 15.0. The molecular weight excluding hydrogens is 544 g/mol. The summed E-state index contributed by atoms with van der Waals surface area (Å²) in [7, 11) is 0. The second-order valence-electron chi connectivity index (χ2n) is 11.8. The fourth-order valence-corrected chi connectivity index (χ4v) is 5.15. The third-order valence-corrected chi connectivity index (χ3v) is 7.16. The summed E-state index contributed by atoms with van der Waals surface area (Å²) >= 11 is 0. The van der Waals surface area contributed by atoms with Crippen molar-refractivity contribution in [1.82, 2.24) is 19.9 Å². The molecule has 0 bridgehead atoms. The Morgan fingerprint density at radius 2 is 1.88 bits per heavy atom. The second kappa shape index (κ2) is 11.6. The molecule has 4 heterocycles. The fourth-order valence-electron chi connectivity index (χ4n) is 5.15. The minimum Gasteiger partial charge on any atom is -0.486 e. The van der Waals surface area contributed by atoms with Gasteiger partial charge in [0.15, 0.2) is 17.4 Å². The fraction of sp³-hybridized carbons (Fsp3) is 0.467. The third-order valence-electron chi connectivity index (χ3n) is 7.16. The van der Waals surface area contributed by atoms with E-state index >= 15 is 4.39 Å². The molecule has 12 heteroatoms. The summed E-state index contributed by atoms with van der Waals surface area (Å²) in [5.41, 5.74) is 1.18. The van der Waals surface area contributed by atoms with E-state index in [1.807, 2.05) is 52.5 Å². The Hall–Kier alpha value is -4.22. The molecule has 0 saturated carbocycles. The molecule has 0 spiro atoms. The van der Waals surface area contributed by atoms with Crippen LogP contribution in [0.5, 0.6) is 5.75 Å². The van der Waals surface area contributed by atoms with Gasteiger partial charge in [-0.05, 0) is 65.8 Å². The third kappa shape index (κ3) is 6.32. The van der Waals surface area contributed by atoms with Crippen LogP contribution >= 0.6 is 0 Å². The van der Waals surface area contributed by atoms with E-state index in [-0.39, 0.29) is 41.1 Å². The van der Waals surface area contributed by atoms with Gasteiger partial charge in [0.25, 0.3) is 0 Å². The summed E-state index contributed by atoms with van der Waals surface area (Å²) in [6.07, 6.45) is 2.47. The summed E-state index contributed by atoms with van der Waals surface area (Å²) in [6, 6.07) is 6.70. The number of benzene rings is 1. The number of amides is 1. The highest BCUT2D eigenvalue weighted by molar-refractivity contribution is 5.73. The zero-order valence-corrected chi connectivity index (χ0v) is 24.8. The first-order valence-corrected chi connectivity index (χ1v) is 14.1. The number of aromatic nitrogens is 3. The summed E-state index contributed by atoms with van der Waals surface area (Å²) in [6.45, 7) is 14.4. The lowest BCUT2D eigenvalue weighted by molar-refractivity contribution is 0.0159. The number of ether oxygens (including phenoxy) is 2. The smallest absolute Gasteiger partial charge is 0.410 e. The molecule has 10 nitrogen and oxygen atoms in total. The van der Waals surface area contributed by atoms with E-state index in [1.54, 1.807) is 23.2 Å². The standard InChI is InChI=1S/C30H37F2N7O3/c1-18(2)38-11-12-41-27-22(31)13-20(14-24(27)38)26-23(32)16-34-28(36-26)35-25-8-7-21(15-33-25)37-9-10-39(19(3)17-37)29(40)42-30(4,5)6/h7-8,13-16,18-19H,9-12,17H2,1-6H3,(H,33,34,35,36). The first-order valence-electron chi connectivity index (χ1n) is 14.1. The molecule has 1 aromatic carbocycles. The van der Waals surface area contributed by atoms with Gasteiger partial charge in [-0.3, -0.25) is 0 Å². The highest BCUT2D eigenvalue weighted by Gasteiger charge is 2.31. The number of hydrogen-bond donors (Lipinski definition) is 1. The van der Waals surface area contributed by atoms with Crippen molar-refractivity contribution in [3.05, 3.63) is 48.3 Å². The van der Waals surface area contributed by atoms with E-state index in [2.05, 4.69) is 25.2 Å². The molecule has 0 aliphatic carbocycles. The number of piperazine rings is 1. The van der Waals surface area contributed by atoms with Gasteiger partial charge >= 0.3 is 6.09 Å². The molecule has 1 unspecified atom stereocenters. The van der Waals surface area contributed by atoms with Crippen LogP contribution in [0.15, 0.2) is 36.7 Å². The lowest BCUT2D eigenvalue weighted by Gasteiger charge is -2.41. The molecule has 2 aliphatic rings. The van der Waals surface area contributed by atoms with Crippen molar-refractivity contribution in [1.29, 1.82) is 0 Å². The summed E-state index contributed by atoms with van der Waals surface area (Å²) in [5.74, 6) is -0.486. The Morgan fingerprint density at radius 3 is 2.55 bits per heavy atom. The molecule has 2 aromatic heterocycles. The summed E-state index contributed by atoms with van der Waals surface area (Å²) in [5, 5.41) is 3.01. The maximum Gasteiger partial charge on any atom is 0.410 e. The molecule has 224 valence electrons. The normalized spacial score (nSPS) is 17.2. The number of anilines is 4. The topological polar surface area (TPSA) is 96.0 Å². The van der Waals surface area contributed by atoms with Crippen LogP contribution in [-0.4, -0.2) is 76.4 Å². The maximum absolute atomic E-state index is 15.0. The van der Waals surface area contributed by atoms with Gasteiger partial charge in [-0.1, -0.05) is 0 Å². The van der Waals surface area contributed by atoms with Gasteiger partial charge in [-0.2, -0.15) is 0 Å². The van der Waals surface area contributed by atoms with Crippen LogP contribution in [0.4, 0.5) is 36.7 Å². The summed E-state index contributed by atoms with van der Waals surface area (Å²) in [4.78, 5) is 31.4. The number of carbonyl (C=O) groups is 1. The molecule has 1 atom stereocenters. The number of halogens is 2. The monoisotopic (exact) mass is 581 g/mol. The van der Waals surface area contributed by atoms with Crippen LogP contribution in [0.1, 0.15) is 41.5 Å². The van der Waals surface area contributed by atoms with Gasteiger partial charge < -0.3 is 29.5 Å². The van der Waals surface area contributed by atoms with Crippen molar-refractivity contribution >= 4 is 29.2 Å². The molecule has 5 rings (SSSR count). The van der Waals surface area contributed by atoms with Crippen molar-refractivity contribution < 1.29 is 23.0 Å². The minimum atomic E-state index is -0.671. The highest BCUT2D eigenvalue weighted by atomic mass is 19.1. The van der Waals surface area contributed by atoms with Crippen molar-refractivity contribution in [3.63, 3.8) is 0 Å². The first-order chi connectivity index (χ1) is 19.9. The number of fused-ring (bicyclic) bond motifs is 1. The number of hydrogen-bond acceptors (Lipinski definition) is 9. The van der Waals surface area contributed by atoms with Gasteiger partial charge in [0, 0.05) is 37.3 Å². The molecule has 42 heavy (non-hydrogen) atoms. The molecule has 1 fully saturated rings. The highest BCUT2D eigenvalue weighted by Crippen LogP contribution is 2.39. The molecule has 2 aliphatic heterocycles. The Labute approximate surface area is 244 Å². The van der Waals surface area contributed by atoms with E-state index in [1.165, 1.54) is 6.07 Å². The Bertz CT molecular complexity index is 1450. The van der Waals surface area contributed by atoms with E-state index in [4.69, 9.17) is 9.47 Å². The van der Waals surface area contributed by atoms with Crippen LogP contribution in [0, 0.1) is 11.6 Å². The van der Waals surface area contributed by atoms with Crippen molar-refractivity contribution in [3.8, 4) is 17.0 Å². The van der Waals surface area contributed by atoms with E-state index in [0.29, 0.717) is 44.3 Å². The van der Waals surface area contributed by atoms with Gasteiger partial charge in [0.1, 0.15) is 23.7 Å². The zero-order valence-electron chi connectivity index (χ0n) is 24.8. The van der Waals surface area contributed by atoms with Crippen LogP contribution in [0.25, 0.3) is 11.3 Å². The second-order valence-corrected chi connectivity index (χ2v) is 11.8. The minimum absolute atomic E-state index is 0.0306. The Morgan fingerprint density at radius 1 is 1.10 bits per heavy atom. The molecule has 1 saturated heterocycles. The first kappa shape index (κ1) is 29.3. The van der Waals surface area contributed by atoms with E-state index in [0.717, 1.165) is 11.9 Å². The zero-order chi connectivity index (χ0) is 30.2. The Kier molecular flexibility index (Phi) is 8.07. The molecule has 1 amide bonds. The molecular formula is C30H37F2N7O3. The number of nitrogens with one attached hydrogen (secondary N) is 1. The van der Waals surface area contributed by atoms with Crippen molar-refractivity contribution in [2.75, 3.05) is 47.9 Å². The van der Waals surface area contributed by atoms with Gasteiger partial charge in [0.05, 0.1) is 30.3 Å². The number of carbonyl (C=O) groups excluding carboxylic acids is 1. The number of nitrogens with zero attached hydrogens (tertiary/aromatic N) is 6. The number of pyridine rings is 1. The quantitative estimate of drug-likeness (QED) is 0.412. The van der Waals surface area contributed by atoms with Crippen LogP contribution in [0.2, 0.25) is 0 Å². The molecule has 1 N–H and O–H groups in total. The average Bonchev–Trinajstić information content (AvgIpc) is 2.93. The van der Waals surface area contributed by atoms with Crippen LogP contribution < -0.4 is 19.9 Å². The molecule has 3 aromatic rings. The van der Waals surface area contributed by atoms with Gasteiger partial charge in [-0.15, -0.1) is 0 Å². The van der Waals surface area contributed by atoms with Crippen molar-refractivity contribution in [2.45, 2.75) is 59.2 Å². The van der Waals surface area contributed by atoms with E-state index < -0.39 is 17.2 Å². The lowest BCUT2D eigenvalue weighted by atomic mass is 10.1. The summed E-state index contributed by atoms with van der Waals surface area (Å²) < 4.78 is 41.0. The lowest BCUT2D eigenvalue weighted by Crippen LogP contribution is -2.55. The van der Waals surface area contributed by atoms with Gasteiger partial charge in [-0.25, -0.2) is 28.5 Å². The predicted molar refractivity (Wildman–Crippen MR) is 157 cm³/mol. The Balaban J connectivity index is 1.29. The molecule has 0 radical (unpaired) electrons. The van der Waals surface area contributed by atoms with Gasteiger partial charge in [0.2, 0.25) is 5.95 Å².